The Hall–Kier alpha value is -4.31. The lowest BCUT2D eigenvalue weighted by Gasteiger charge is -2.40. The predicted octanol–water partition coefficient (Wildman–Crippen LogP) is 4.28. The molecule has 0 radical (unpaired) electrons. The first kappa shape index (κ1) is 29.7. The summed E-state index contributed by atoms with van der Waals surface area (Å²) in [7, 11) is 0. The Morgan fingerprint density at radius 3 is 2.44 bits per heavy atom. The van der Waals surface area contributed by atoms with E-state index in [1.54, 1.807) is 17.9 Å². The summed E-state index contributed by atoms with van der Waals surface area (Å²) in [6.07, 6.45) is 1.63. The molecule has 0 bridgehead atoms. The molecule has 2 aromatic carbocycles. The van der Waals surface area contributed by atoms with Crippen LogP contribution in [0.3, 0.4) is 0 Å². The van der Waals surface area contributed by atoms with Gasteiger partial charge in [0.1, 0.15) is 11.5 Å². The van der Waals surface area contributed by atoms with Gasteiger partial charge in [-0.05, 0) is 50.6 Å². The lowest BCUT2D eigenvalue weighted by atomic mass is 9.93. The SMILES string of the molecule is C=CCN1C(=O)NC(c2cccc(Oc3ccccc3)c2)C(C(=O)OCC)=C1CN1CCN(C(=O)NC(C)C)CC1. The van der Waals surface area contributed by atoms with Gasteiger partial charge in [-0.15, -0.1) is 6.58 Å². The maximum absolute atomic E-state index is 13.5. The fraction of sp³-hybridized carbons (Fsp3) is 0.387. The molecular weight excluding hydrogens is 522 g/mol. The molecule has 4 rings (SSSR count). The van der Waals surface area contributed by atoms with Crippen molar-refractivity contribution in [3.63, 3.8) is 0 Å². The largest absolute Gasteiger partial charge is 0.463 e. The number of piperazine rings is 1. The summed E-state index contributed by atoms with van der Waals surface area (Å²) in [4.78, 5) is 44.9. The van der Waals surface area contributed by atoms with E-state index < -0.39 is 12.0 Å². The second-order valence-electron chi connectivity index (χ2n) is 10.2. The third kappa shape index (κ3) is 7.46. The molecule has 2 aromatic rings. The Bertz CT molecular complexity index is 1270. The Balaban J connectivity index is 1.66. The number of amides is 4. The van der Waals surface area contributed by atoms with E-state index in [1.165, 1.54) is 4.90 Å². The normalized spacial score (nSPS) is 17.8. The quantitative estimate of drug-likeness (QED) is 0.332. The van der Waals surface area contributed by atoms with Gasteiger partial charge in [0.2, 0.25) is 0 Å². The molecule has 218 valence electrons. The lowest BCUT2D eigenvalue weighted by molar-refractivity contribution is -0.139. The van der Waals surface area contributed by atoms with Crippen molar-refractivity contribution in [1.29, 1.82) is 0 Å². The van der Waals surface area contributed by atoms with Gasteiger partial charge < -0.3 is 25.0 Å². The van der Waals surface area contributed by atoms with Crippen LogP contribution in [0.4, 0.5) is 9.59 Å². The molecule has 0 spiro atoms. The van der Waals surface area contributed by atoms with E-state index in [0.29, 0.717) is 61.1 Å². The summed E-state index contributed by atoms with van der Waals surface area (Å²) in [5.74, 6) is 0.764. The van der Waals surface area contributed by atoms with Crippen molar-refractivity contribution >= 4 is 18.0 Å². The molecule has 2 aliphatic heterocycles. The highest BCUT2D eigenvalue weighted by atomic mass is 16.5. The zero-order chi connectivity index (χ0) is 29.4. The second kappa shape index (κ2) is 13.8. The van der Waals surface area contributed by atoms with Gasteiger partial charge in [-0.1, -0.05) is 36.4 Å². The number of carbonyl (C=O) groups excluding carboxylic acids is 3. The topological polar surface area (TPSA) is 103 Å². The molecule has 10 nitrogen and oxygen atoms in total. The van der Waals surface area contributed by atoms with Crippen molar-refractivity contribution in [3.05, 3.63) is 84.1 Å². The standard InChI is InChI=1S/C31H39N5O5/c1-5-15-36-26(21-34-16-18-35(19-17-34)30(38)32-22(3)4)27(29(37)40-6-2)28(33-31(36)39)23-11-10-14-25(20-23)41-24-12-8-7-9-13-24/h5,7-14,20,22,28H,1,6,15-19,21H2,2-4H3,(H,32,38)(H,33,39). The van der Waals surface area contributed by atoms with Crippen LogP contribution in [0.25, 0.3) is 0 Å². The van der Waals surface area contributed by atoms with Crippen LogP contribution in [-0.2, 0) is 9.53 Å². The minimum Gasteiger partial charge on any atom is -0.463 e. The molecule has 2 aliphatic rings. The van der Waals surface area contributed by atoms with E-state index in [-0.39, 0.29) is 31.3 Å². The van der Waals surface area contributed by atoms with Gasteiger partial charge in [-0.3, -0.25) is 9.80 Å². The van der Waals surface area contributed by atoms with Crippen molar-refractivity contribution in [3.8, 4) is 11.5 Å². The number of rotatable bonds is 10. The molecule has 2 heterocycles. The highest BCUT2D eigenvalue weighted by molar-refractivity contribution is 5.95. The molecular formula is C31H39N5O5. The second-order valence-corrected chi connectivity index (χ2v) is 10.2. The van der Waals surface area contributed by atoms with E-state index in [9.17, 15) is 14.4 Å². The van der Waals surface area contributed by atoms with Crippen molar-refractivity contribution < 1.29 is 23.9 Å². The van der Waals surface area contributed by atoms with Crippen LogP contribution in [0.15, 0.2) is 78.5 Å². The van der Waals surface area contributed by atoms with Crippen LogP contribution in [0.1, 0.15) is 32.4 Å². The zero-order valence-electron chi connectivity index (χ0n) is 24.0. The number of hydrogen-bond acceptors (Lipinski definition) is 6. The smallest absolute Gasteiger partial charge is 0.338 e. The number of para-hydroxylation sites is 1. The Kier molecular flexibility index (Phi) is 10.0. The maximum atomic E-state index is 13.5. The molecule has 4 amide bonds. The van der Waals surface area contributed by atoms with Crippen molar-refractivity contribution in [1.82, 2.24) is 25.3 Å². The van der Waals surface area contributed by atoms with Crippen LogP contribution in [0.5, 0.6) is 11.5 Å². The van der Waals surface area contributed by atoms with Gasteiger partial charge in [0, 0.05) is 51.0 Å². The first-order chi connectivity index (χ1) is 19.8. The molecule has 1 atom stereocenters. The molecule has 1 fully saturated rings. The number of nitrogens with zero attached hydrogens (tertiary/aromatic N) is 3. The Morgan fingerprint density at radius 2 is 1.78 bits per heavy atom. The summed E-state index contributed by atoms with van der Waals surface area (Å²) in [5.41, 5.74) is 1.62. The van der Waals surface area contributed by atoms with Gasteiger partial charge in [0.05, 0.1) is 18.2 Å². The van der Waals surface area contributed by atoms with E-state index >= 15 is 0 Å². The van der Waals surface area contributed by atoms with Crippen LogP contribution >= 0.6 is 0 Å². The van der Waals surface area contributed by atoms with Gasteiger partial charge in [-0.2, -0.15) is 0 Å². The minimum atomic E-state index is -0.741. The fourth-order valence-electron chi connectivity index (χ4n) is 4.94. The first-order valence-electron chi connectivity index (χ1n) is 14.0. The van der Waals surface area contributed by atoms with E-state index in [2.05, 4.69) is 22.1 Å². The first-order valence-corrected chi connectivity index (χ1v) is 14.0. The van der Waals surface area contributed by atoms with Gasteiger partial charge in [-0.25, -0.2) is 14.4 Å². The van der Waals surface area contributed by atoms with Crippen LogP contribution in [0, 0.1) is 0 Å². The van der Waals surface area contributed by atoms with E-state index in [1.807, 2.05) is 68.4 Å². The van der Waals surface area contributed by atoms with Crippen molar-refractivity contribution in [2.45, 2.75) is 32.9 Å². The Morgan fingerprint density at radius 1 is 1.07 bits per heavy atom. The molecule has 1 saturated heterocycles. The molecule has 2 N–H and O–H groups in total. The molecule has 41 heavy (non-hydrogen) atoms. The predicted molar refractivity (Wildman–Crippen MR) is 156 cm³/mol. The van der Waals surface area contributed by atoms with Gasteiger partial charge >= 0.3 is 18.0 Å². The molecule has 0 saturated carbocycles. The fourth-order valence-corrected chi connectivity index (χ4v) is 4.94. The van der Waals surface area contributed by atoms with Crippen molar-refractivity contribution in [2.24, 2.45) is 0 Å². The number of ether oxygens (including phenoxy) is 2. The Labute approximate surface area is 241 Å². The van der Waals surface area contributed by atoms with Gasteiger partial charge in [0.25, 0.3) is 0 Å². The summed E-state index contributed by atoms with van der Waals surface area (Å²) < 4.78 is 11.5. The average Bonchev–Trinajstić information content (AvgIpc) is 2.95. The summed E-state index contributed by atoms with van der Waals surface area (Å²) in [6.45, 7) is 12.5. The summed E-state index contributed by atoms with van der Waals surface area (Å²) in [6, 6.07) is 15.6. The monoisotopic (exact) mass is 561 g/mol. The van der Waals surface area contributed by atoms with E-state index in [4.69, 9.17) is 9.47 Å². The number of urea groups is 2. The molecule has 0 aliphatic carbocycles. The highest BCUT2D eigenvalue weighted by Gasteiger charge is 2.39. The van der Waals surface area contributed by atoms with Gasteiger partial charge in [0.15, 0.2) is 0 Å². The lowest BCUT2D eigenvalue weighted by Crippen LogP contribution is -2.55. The summed E-state index contributed by atoms with van der Waals surface area (Å²) >= 11 is 0. The third-order valence-electron chi connectivity index (χ3n) is 6.86. The van der Waals surface area contributed by atoms with Crippen LogP contribution in [-0.4, -0.2) is 84.6 Å². The summed E-state index contributed by atoms with van der Waals surface area (Å²) in [5, 5.41) is 5.93. The minimum absolute atomic E-state index is 0.0552. The zero-order valence-corrected chi connectivity index (χ0v) is 24.0. The number of nitrogens with one attached hydrogen (secondary N) is 2. The maximum Gasteiger partial charge on any atom is 0.338 e. The highest BCUT2D eigenvalue weighted by Crippen LogP contribution is 2.34. The third-order valence-corrected chi connectivity index (χ3v) is 6.86. The molecule has 0 aromatic heterocycles. The molecule has 10 heteroatoms. The number of carbonyl (C=O) groups is 3. The number of esters is 1. The van der Waals surface area contributed by atoms with Crippen molar-refractivity contribution in [2.75, 3.05) is 45.9 Å². The number of benzene rings is 2. The average molecular weight is 562 g/mol. The van der Waals surface area contributed by atoms with Crippen LogP contribution in [0.2, 0.25) is 0 Å². The van der Waals surface area contributed by atoms with Crippen LogP contribution < -0.4 is 15.4 Å². The number of hydrogen-bond donors (Lipinski definition) is 2. The van der Waals surface area contributed by atoms with E-state index in [0.717, 1.165) is 0 Å². The molecule has 1 unspecified atom stereocenters.